The van der Waals surface area contributed by atoms with Gasteiger partial charge in [0, 0.05) is 0 Å². The number of nitro groups is 1. The Morgan fingerprint density at radius 2 is 2.25 bits per heavy atom. The summed E-state index contributed by atoms with van der Waals surface area (Å²) in [4.78, 5) is 21.7. The standard InChI is InChI=1S/C7H3ClN4O2S2/c8-4-1-9-2-5(11-4)15-7-10-3-6(16-7)12(13)14/h1-3H. The topological polar surface area (TPSA) is 81.8 Å². The molecule has 2 aromatic rings. The van der Waals surface area contributed by atoms with E-state index in [1.807, 2.05) is 0 Å². The molecular weight excluding hydrogens is 272 g/mol. The second-order valence-corrected chi connectivity index (χ2v) is 5.17. The summed E-state index contributed by atoms with van der Waals surface area (Å²) >= 11 is 7.82. The van der Waals surface area contributed by atoms with Gasteiger partial charge >= 0.3 is 5.00 Å². The normalized spacial score (nSPS) is 10.3. The third-order valence-corrected chi connectivity index (χ3v) is 3.54. The third-order valence-electron chi connectivity index (χ3n) is 1.43. The first kappa shape index (κ1) is 11.2. The third kappa shape index (κ3) is 2.65. The first-order valence-corrected chi connectivity index (χ1v) is 5.92. The lowest BCUT2D eigenvalue weighted by Gasteiger charge is -1.94. The number of rotatable bonds is 3. The zero-order valence-electron chi connectivity index (χ0n) is 7.53. The molecule has 0 fully saturated rings. The van der Waals surface area contributed by atoms with Gasteiger partial charge in [-0.2, -0.15) is 0 Å². The maximum Gasteiger partial charge on any atom is 0.344 e. The minimum absolute atomic E-state index is 0.00233. The maximum absolute atomic E-state index is 10.4. The van der Waals surface area contributed by atoms with Crippen LogP contribution in [0.1, 0.15) is 0 Å². The predicted octanol–water partition coefficient (Wildman–Crippen LogP) is 2.65. The largest absolute Gasteiger partial charge is 0.344 e. The van der Waals surface area contributed by atoms with Crippen molar-refractivity contribution in [3.8, 4) is 0 Å². The molecule has 0 saturated heterocycles. The van der Waals surface area contributed by atoms with E-state index in [1.165, 1.54) is 30.4 Å². The smallest absolute Gasteiger partial charge is 0.259 e. The second kappa shape index (κ2) is 4.73. The van der Waals surface area contributed by atoms with Crippen molar-refractivity contribution in [1.29, 1.82) is 0 Å². The van der Waals surface area contributed by atoms with E-state index >= 15 is 0 Å². The fraction of sp³-hybridized carbons (Fsp3) is 0. The van der Waals surface area contributed by atoms with Crippen molar-refractivity contribution < 1.29 is 4.92 Å². The van der Waals surface area contributed by atoms with Gasteiger partial charge in [0.1, 0.15) is 16.4 Å². The highest BCUT2D eigenvalue weighted by Gasteiger charge is 2.12. The molecule has 9 heteroatoms. The van der Waals surface area contributed by atoms with Crippen LogP contribution in [0.2, 0.25) is 5.15 Å². The van der Waals surface area contributed by atoms with Crippen LogP contribution in [0.25, 0.3) is 0 Å². The summed E-state index contributed by atoms with van der Waals surface area (Å²) in [5, 5.41) is 11.3. The molecule has 0 atom stereocenters. The van der Waals surface area contributed by atoms with Crippen LogP contribution in [0.5, 0.6) is 0 Å². The van der Waals surface area contributed by atoms with Gasteiger partial charge in [-0.3, -0.25) is 15.1 Å². The highest BCUT2D eigenvalue weighted by Crippen LogP contribution is 2.33. The molecule has 0 N–H and O–H groups in total. The van der Waals surface area contributed by atoms with Crippen molar-refractivity contribution >= 4 is 39.7 Å². The molecule has 16 heavy (non-hydrogen) atoms. The molecule has 0 aliphatic heterocycles. The minimum atomic E-state index is -0.481. The molecule has 6 nitrogen and oxygen atoms in total. The summed E-state index contributed by atoms with van der Waals surface area (Å²) in [6, 6.07) is 0. The number of halogens is 1. The van der Waals surface area contributed by atoms with Crippen LogP contribution < -0.4 is 0 Å². The number of hydrogen-bond donors (Lipinski definition) is 0. The van der Waals surface area contributed by atoms with Crippen molar-refractivity contribution in [3.05, 3.63) is 33.9 Å². The maximum atomic E-state index is 10.4. The SMILES string of the molecule is O=[N+]([O-])c1cnc(Sc2cncc(Cl)n2)s1. The van der Waals surface area contributed by atoms with Gasteiger partial charge in [-0.25, -0.2) is 9.97 Å². The Balaban J connectivity index is 2.17. The van der Waals surface area contributed by atoms with E-state index < -0.39 is 4.92 Å². The van der Waals surface area contributed by atoms with Crippen LogP contribution in [0.3, 0.4) is 0 Å². The van der Waals surface area contributed by atoms with E-state index in [0.29, 0.717) is 9.37 Å². The Bertz CT molecular complexity index is 533. The van der Waals surface area contributed by atoms with Crippen LogP contribution in [-0.2, 0) is 0 Å². The Hall–Kier alpha value is -1.25. The fourth-order valence-electron chi connectivity index (χ4n) is 0.846. The Morgan fingerprint density at radius 3 is 2.88 bits per heavy atom. The molecule has 0 aromatic carbocycles. The fourth-order valence-corrected chi connectivity index (χ4v) is 2.73. The zero-order chi connectivity index (χ0) is 11.5. The van der Waals surface area contributed by atoms with E-state index in [2.05, 4.69) is 15.0 Å². The van der Waals surface area contributed by atoms with Crippen LogP contribution >= 0.6 is 34.7 Å². The highest BCUT2D eigenvalue weighted by atomic mass is 35.5. The number of nitrogens with zero attached hydrogens (tertiary/aromatic N) is 4. The molecule has 2 rings (SSSR count). The van der Waals surface area contributed by atoms with E-state index in [1.54, 1.807) is 0 Å². The lowest BCUT2D eigenvalue weighted by molar-refractivity contribution is -0.380. The summed E-state index contributed by atoms with van der Waals surface area (Å²) in [6.07, 6.45) is 4.14. The Labute approximate surface area is 103 Å². The summed E-state index contributed by atoms with van der Waals surface area (Å²) in [5.41, 5.74) is 0. The second-order valence-electron chi connectivity index (χ2n) is 2.50. The van der Waals surface area contributed by atoms with Gasteiger partial charge < -0.3 is 0 Å². The molecule has 0 bridgehead atoms. The molecule has 82 valence electrons. The highest BCUT2D eigenvalue weighted by molar-refractivity contribution is 8.01. The molecule has 0 radical (unpaired) electrons. The van der Waals surface area contributed by atoms with Crippen molar-refractivity contribution in [3.63, 3.8) is 0 Å². The molecule has 0 unspecified atom stereocenters. The number of hydrogen-bond acceptors (Lipinski definition) is 7. The van der Waals surface area contributed by atoms with Crippen LogP contribution in [0.15, 0.2) is 28.0 Å². The quantitative estimate of drug-likeness (QED) is 0.632. The summed E-state index contributed by atoms with van der Waals surface area (Å²) in [7, 11) is 0. The van der Waals surface area contributed by atoms with Gasteiger partial charge in [0.2, 0.25) is 0 Å². The van der Waals surface area contributed by atoms with Gasteiger partial charge in [0.05, 0.1) is 17.3 Å². The molecule has 0 spiro atoms. The van der Waals surface area contributed by atoms with E-state index in [-0.39, 0.29) is 10.2 Å². The van der Waals surface area contributed by atoms with Crippen molar-refractivity contribution in [2.24, 2.45) is 0 Å². The van der Waals surface area contributed by atoms with E-state index in [9.17, 15) is 10.1 Å². The monoisotopic (exact) mass is 274 g/mol. The molecular formula is C7H3ClN4O2S2. The van der Waals surface area contributed by atoms with E-state index in [0.717, 1.165) is 11.3 Å². The molecule has 2 aromatic heterocycles. The predicted molar refractivity (Wildman–Crippen MR) is 59.9 cm³/mol. The average Bonchev–Trinajstić information content (AvgIpc) is 2.66. The molecule has 2 heterocycles. The summed E-state index contributed by atoms with van der Waals surface area (Å²) in [5.74, 6) is 0. The number of aromatic nitrogens is 3. The zero-order valence-corrected chi connectivity index (χ0v) is 9.92. The molecule has 0 aliphatic carbocycles. The van der Waals surface area contributed by atoms with E-state index in [4.69, 9.17) is 11.6 Å². The van der Waals surface area contributed by atoms with Gasteiger partial charge in [0.25, 0.3) is 0 Å². The van der Waals surface area contributed by atoms with Crippen LogP contribution in [0, 0.1) is 10.1 Å². The Morgan fingerprint density at radius 1 is 1.44 bits per heavy atom. The summed E-state index contributed by atoms with van der Waals surface area (Å²) < 4.78 is 0.531. The van der Waals surface area contributed by atoms with Crippen molar-refractivity contribution in [2.45, 2.75) is 9.37 Å². The lowest BCUT2D eigenvalue weighted by atomic mass is 10.8. The van der Waals surface area contributed by atoms with Gasteiger partial charge in [0.15, 0.2) is 4.34 Å². The number of thiazole rings is 1. The molecule has 0 amide bonds. The van der Waals surface area contributed by atoms with Crippen LogP contribution in [0.4, 0.5) is 5.00 Å². The summed E-state index contributed by atoms with van der Waals surface area (Å²) in [6.45, 7) is 0. The average molecular weight is 275 g/mol. The molecule has 0 saturated carbocycles. The van der Waals surface area contributed by atoms with Crippen molar-refractivity contribution in [1.82, 2.24) is 15.0 Å². The van der Waals surface area contributed by atoms with Gasteiger partial charge in [-0.1, -0.05) is 11.6 Å². The van der Waals surface area contributed by atoms with Crippen LogP contribution in [-0.4, -0.2) is 19.9 Å². The lowest BCUT2D eigenvalue weighted by Crippen LogP contribution is -1.82. The minimum Gasteiger partial charge on any atom is -0.259 e. The first-order valence-electron chi connectivity index (χ1n) is 3.91. The molecule has 0 aliphatic rings. The Kier molecular flexibility index (Phi) is 3.32. The van der Waals surface area contributed by atoms with Gasteiger partial charge in [-0.15, -0.1) is 0 Å². The first-order chi connectivity index (χ1) is 7.65. The van der Waals surface area contributed by atoms with Gasteiger partial charge in [-0.05, 0) is 23.1 Å². The van der Waals surface area contributed by atoms with Crippen molar-refractivity contribution in [2.75, 3.05) is 0 Å².